The van der Waals surface area contributed by atoms with Crippen LogP contribution in [0, 0.1) is 0 Å². The fraction of sp³-hybridized carbons (Fsp3) is 0.333. The fourth-order valence-electron chi connectivity index (χ4n) is 1.66. The van der Waals surface area contributed by atoms with E-state index in [2.05, 4.69) is 25.9 Å². The van der Waals surface area contributed by atoms with E-state index in [1.165, 1.54) is 0 Å². The topological polar surface area (TPSA) is 101 Å². The van der Waals surface area contributed by atoms with E-state index in [0.29, 0.717) is 16.6 Å². The molecule has 0 aliphatic carbocycles. The maximum Gasteiger partial charge on any atom is 0.367 e. The Morgan fingerprint density at radius 2 is 1.95 bits per heavy atom. The highest BCUT2D eigenvalue weighted by Gasteiger charge is 2.11. The van der Waals surface area contributed by atoms with Crippen LogP contribution in [-0.2, 0) is 9.09 Å². The van der Waals surface area contributed by atoms with E-state index in [-0.39, 0.29) is 11.3 Å². The zero-order chi connectivity index (χ0) is 15.4. The number of hydrogen-bond donors (Lipinski definition) is 2. The molecule has 9 heteroatoms. The van der Waals surface area contributed by atoms with Crippen molar-refractivity contribution in [3.63, 3.8) is 0 Å². The minimum absolute atomic E-state index is 0.174. The van der Waals surface area contributed by atoms with Gasteiger partial charge in [0, 0.05) is 4.47 Å². The van der Waals surface area contributed by atoms with Gasteiger partial charge in [0.1, 0.15) is 5.52 Å². The minimum Gasteiger partial charge on any atom is -0.424 e. The molecule has 0 radical (unpaired) electrons. The second-order valence-electron chi connectivity index (χ2n) is 4.29. The van der Waals surface area contributed by atoms with Gasteiger partial charge >= 0.3 is 19.4 Å². The predicted octanol–water partition coefficient (Wildman–Crippen LogP) is 2.56. The Balaban J connectivity index is 2.34. The number of fused-ring (bicyclic) bond motifs is 1. The van der Waals surface area contributed by atoms with Crippen molar-refractivity contribution in [2.24, 2.45) is 0 Å². The molecule has 1 atom stereocenters. The first kappa shape index (κ1) is 16.0. The molecule has 2 N–H and O–H groups in total. The molecule has 0 spiro atoms. The van der Waals surface area contributed by atoms with Gasteiger partial charge < -0.3 is 19.0 Å². The number of hydrogen-bond acceptors (Lipinski definition) is 5. The summed E-state index contributed by atoms with van der Waals surface area (Å²) in [6.07, 6.45) is 1.70. The van der Waals surface area contributed by atoms with Crippen LogP contribution >= 0.6 is 24.2 Å². The third-order valence-electron chi connectivity index (χ3n) is 2.67. The maximum absolute atomic E-state index is 11.8. The van der Waals surface area contributed by atoms with Crippen molar-refractivity contribution < 1.29 is 13.6 Å². The Morgan fingerprint density at radius 1 is 1.24 bits per heavy atom. The van der Waals surface area contributed by atoms with Crippen molar-refractivity contribution in [1.82, 2.24) is 9.97 Å². The molecule has 0 bridgehead atoms. The van der Waals surface area contributed by atoms with E-state index in [1.54, 1.807) is 12.1 Å². The molecule has 114 valence electrons. The Kier molecular flexibility index (Phi) is 5.39. The number of aromatic amines is 2. The van der Waals surface area contributed by atoms with Gasteiger partial charge in [-0.15, -0.1) is 0 Å². The second kappa shape index (κ2) is 7.06. The lowest BCUT2D eigenvalue weighted by Gasteiger charge is -2.09. The highest BCUT2D eigenvalue weighted by atomic mass is 79.9. The number of halogens is 1. The van der Waals surface area contributed by atoms with Crippen LogP contribution in [-0.4, -0.2) is 16.6 Å². The molecule has 1 heterocycles. The van der Waals surface area contributed by atoms with Crippen molar-refractivity contribution in [1.29, 1.82) is 0 Å². The normalized spacial score (nSPS) is 12.5. The Hall–Kier alpha value is -1.37. The second-order valence-corrected chi connectivity index (χ2v) is 6.20. The van der Waals surface area contributed by atoms with Crippen molar-refractivity contribution in [2.45, 2.75) is 19.8 Å². The van der Waals surface area contributed by atoms with Crippen LogP contribution in [0.4, 0.5) is 0 Å². The lowest BCUT2D eigenvalue weighted by atomic mass is 10.3. The van der Waals surface area contributed by atoms with Gasteiger partial charge in [-0.3, -0.25) is 9.59 Å². The van der Waals surface area contributed by atoms with Crippen LogP contribution in [0.1, 0.15) is 19.8 Å². The molecule has 0 saturated heterocycles. The summed E-state index contributed by atoms with van der Waals surface area (Å²) < 4.78 is 22.7. The summed E-state index contributed by atoms with van der Waals surface area (Å²) in [5.74, 6) is 0.174. The standard InChI is InChI=1S/C12H14BrN2O5P/c1-2-3-4-19-21(18)20-9-6-7(13)5-8-10(9)15-12(17)11(16)14-8/h5-6,21H,2-4H2,1H3,(H,14,16)(H,15,17). The zero-order valence-corrected chi connectivity index (χ0v) is 13.8. The first-order chi connectivity index (χ1) is 10.0. The molecule has 0 saturated carbocycles. The van der Waals surface area contributed by atoms with Gasteiger partial charge in [-0.1, -0.05) is 29.3 Å². The van der Waals surface area contributed by atoms with Crippen molar-refractivity contribution in [2.75, 3.05) is 6.61 Å². The van der Waals surface area contributed by atoms with Crippen LogP contribution in [0.15, 0.2) is 26.2 Å². The lowest BCUT2D eigenvalue weighted by Crippen LogP contribution is -2.29. The maximum atomic E-state index is 11.8. The summed E-state index contributed by atoms with van der Waals surface area (Å²) in [6.45, 7) is 2.33. The SMILES string of the molecule is CCCCO[PH](=O)Oc1cc(Br)cc2[nH]c(=O)c(=O)[nH]c12. The highest BCUT2D eigenvalue weighted by molar-refractivity contribution is 9.10. The molecule has 2 aromatic rings. The van der Waals surface area contributed by atoms with Crippen molar-refractivity contribution in [3.8, 4) is 5.75 Å². The third-order valence-corrected chi connectivity index (χ3v) is 3.96. The molecule has 7 nitrogen and oxygen atoms in total. The van der Waals surface area contributed by atoms with Crippen molar-refractivity contribution >= 4 is 35.2 Å². The first-order valence-corrected chi connectivity index (χ1v) is 8.33. The number of unbranched alkanes of at least 4 members (excludes halogenated alkanes) is 1. The number of rotatable bonds is 6. The third kappa shape index (κ3) is 4.06. The van der Waals surface area contributed by atoms with Crippen LogP contribution in [0.25, 0.3) is 11.0 Å². The average Bonchev–Trinajstić information content (AvgIpc) is 2.41. The van der Waals surface area contributed by atoms with Gasteiger partial charge in [0.15, 0.2) is 5.75 Å². The number of aromatic nitrogens is 2. The monoisotopic (exact) mass is 376 g/mol. The van der Waals surface area contributed by atoms with E-state index in [1.807, 2.05) is 6.92 Å². The van der Waals surface area contributed by atoms with Crippen LogP contribution in [0.5, 0.6) is 5.75 Å². The molecule has 0 aliphatic rings. The van der Waals surface area contributed by atoms with Crippen molar-refractivity contribution in [3.05, 3.63) is 37.3 Å². The van der Waals surface area contributed by atoms with Crippen LogP contribution < -0.4 is 15.6 Å². The highest BCUT2D eigenvalue weighted by Crippen LogP contribution is 2.34. The minimum atomic E-state index is -2.73. The Labute approximate surface area is 128 Å². The summed E-state index contributed by atoms with van der Waals surface area (Å²) in [7, 11) is -2.73. The lowest BCUT2D eigenvalue weighted by molar-refractivity contribution is 0.281. The predicted molar refractivity (Wildman–Crippen MR) is 83.4 cm³/mol. The van der Waals surface area contributed by atoms with Gasteiger partial charge in [-0.05, 0) is 18.6 Å². The van der Waals surface area contributed by atoms with Gasteiger partial charge in [0.05, 0.1) is 12.1 Å². The largest absolute Gasteiger partial charge is 0.424 e. The molecule has 21 heavy (non-hydrogen) atoms. The number of benzene rings is 1. The molecular formula is C12H14BrN2O5P. The van der Waals surface area contributed by atoms with Crippen LogP contribution in [0.2, 0.25) is 0 Å². The van der Waals surface area contributed by atoms with Gasteiger partial charge in [0.25, 0.3) is 0 Å². The van der Waals surface area contributed by atoms with Gasteiger partial charge in [0.2, 0.25) is 0 Å². The summed E-state index contributed by atoms with van der Waals surface area (Å²) in [5.41, 5.74) is -0.938. The van der Waals surface area contributed by atoms with Crippen LogP contribution in [0.3, 0.4) is 0 Å². The molecule has 1 aromatic heterocycles. The van der Waals surface area contributed by atoms with Gasteiger partial charge in [-0.2, -0.15) is 0 Å². The quantitative estimate of drug-likeness (QED) is 0.458. The molecular weight excluding hydrogens is 363 g/mol. The molecule has 0 aliphatic heterocycles. The Morgan fingerprint density at radius 3 is 2.67 bits per heavy atom. The molecule has 1 aromatic carbocycles. The van der Waals surface area contributed by atoms with E-state index in [0.717, 1.165) is 12.8 Å². The summed E-state index contributed by atoms with van der Waals surface area (Å²) in [6, 6.07) is 3.15. The fourth-order valence-corrected chi connectivity index (χ4v) is 2.81. The molecule has 2 rings (SSSR count). The summed E-state index contributed by atoms with van der Waals surface area (Å²) in [4.78, 5) is 27.5. The Bertz CT molecular complexity index is 785. The average molecular weight is 377 g/mol. The van der Waals surface area contributed by atoms with Gasteiger partial charge in [-0.25, -0.2) is 4.57 Å². The van der Waals surface area contributed by atoms with E-state index in [9.17, 15) is 14.2 Å². The number of H-pyrrole nitrogens is 2. The smallest absolute Gasteiger partial charge is 0.367 e. The van der Waals surface area contributed by atoms with E-state index >= 15 is 0 Å². The first-order valence-electron chi connectivity index (χ1n) is 6.31. The van der Waals surface area contributed by atoms with E-state index < -0.39 is 19.4 Å². The molecule has 0 amide bonds. The molecule has 0 fully saturated rings. The number of nitrogens with one attached hydrogen (secondary N) is 2. The summed E-state index contributed by atoms with van der Waals surface area (Å²) >= 11 is 3.25. The van der Waals surface area contributed by atoms with E-state index in [4.69, 9.17) is 9.05 Å². The molecule has 1 unspecified atom stereocenters. The summed E-state index contributed by atoms with van der Waals surface area (Å²) in [5, 5.41) is 0. The zero-order valence-electron chi connectivity index (χ0n) is 11.2.